The molecule has 0 unspecified atom stereocenters. The van der Waals surface area contributed by atoms with Crippen molar-refractivity contribution in [2.75, 3.05) is 0 Å². The van der Waals surface area contributed by atoms with Crippen molar-refractivity contribution >= 4 is 23.9 Å². The van der Waals surface area contributed by atoms with Crippen LogP contribution in [0.2, 0.25) is 0 Å². The van der Waals surface area contributed by atoms with Crippen LogP contribution in [0.5, 0.6) is 23.0 Å². The maximum Gasteiger partial charge on any atom is 0.338 e. The lowest BCUT2D eigenvalue weighted by Gasteiger charge is -2.12. The molecule has 0 N–H and O–H groups in total. The van der Waals surface area contributed by atoms with Gasteiger partial charge in [0.15, 0.2) is 11.5 Å². The minimum Gasteiger partial charge on any atom is -0.427 e. The SMILES string of the molecule is C=CC(=O)Oc1ccc(CCC(=O)Oc2ccc(-c3ccc(OC(=O)C=C)c(OC(=O)C(=C)C)c3)cc2)cc1. The fraction of sp³-hybridized carbons (Fsp3) is 0.0968. The monoisotopic (exact) mass is 526 g/mol. The molecule has 3 aromatic rings. The molecule has 0 amide bonds. The lowest BCUT2D eigenvalue weighted by Crippen LogP contribution is -2.11. The smallest absolute Gasteiger partial charge is 0.338 e. The number of aryl methyl sites for hydroxylation is 1. The number of benzene rings is 3. The van der Waals surface area contributed by atoms with Gasteiger partial charge in [-0.25, -0.2) is 14.4 Å². The van der Waals surface area contributed by atoms with Gasteiger partial charge in [-0.05, 0) is 66.4 Å². The number of carbonyl (C=O) groups is 4. The first kappa shape index (κ1) is 28.3. The van der Waals surface area contributed by atoms with Gasteiger partial charge in [-0.1, -0.05) is 50.1 Å². The molecule has 0 saturated carbocycles. The van der Waals surface area contributed by atoms with Gasteiger partial charge in [-0.15, -0.1) is 0 Å². The molecule has 0 bridgehead atoms. The molecule has 0 aliphatic carbocycles. The highest BCUT2D eigenvalue weighted by molar-refractivity contribution is 5.90. The van der Waals surface area contributed by atoms with Crippen LogP contribution in [0.1, 0.15) is 18.9 Å². The Morgan fingerprint density at radius 2 is 1.26 bits per heavy atom. The van der Waals surface area contributed by atoms with E-state index >= 15 is 0 Å². The van der Waals surface area contributed by atoms with Crippen molar-refractivity contribution in [3.63, 3.8) is 0 Å². The van der Waals surface area contributed by atoms with Crippen LogP contribution in [0.4, 0.5) is 0 Å². The summed E-state index contributed by atoms with van der Waals surface area (Å²) in [6.45, 7) is 11.8. The second-order valence-electron chi connectivity index (χ2n) is 8.22. The average molecular weight is 527 g/mol. The van der Waals surface area contributed by atoms with Crippen molar-refractivity contribution in [2.45, 2.75) is 19.8 Å². The fourth-order valence-corrected chi connectivity index (χ4v) is 3.22. The minimum absolute atomic E-state index is 0.0399. The molecule has 3 aromatic carbocycles. The van der Waals surface area contributed by atoms with E-state index in [2.05, 4.69) is 19.7 Å². The van der Waals surface area contributed by atoms with Gasteiger partial charge >= 0.3 is 23.9 Å². The second kappa shape index (κ2) is 13.3. The molecule has 39 heavy (non-hydrogen) atoms. The highest BCUT2D eigenvalue weighted by Gasteiger charge is 2.15. The van der Waals surface area contributed by atoms with Crippen LogP contribution < -0.4 is 18.9 Å². The average Bonchev–Trinajstić information content (AvgIpc) is 2.93. The molecule has 0 atom stereocenters. The molecule has 0 radical (unpaired) electrons. The summed E-state index contributed by atoms with van der Waals surface area (Å²) < 4.78 is 21.0. The molecule has 8 nitrogen and oxygen atoms in total. The Labute approximate surface area is 225 Å². The largest absolute Gasteiger partial charge is 0.427 e. The molecular weight excluding hydrogens is 500 g/mol. The summed E-state index contributed by atoms with van der Waals surface area (Å²) in [4.78, 5) is 47.3. The number of ether oxygens (including phenoxy) is 4. The summed E-state index contributed by atoms with van der Waals surface area (Å²) in [6.07, 6.45) is 2.67. The van der Waals surface area contributed by atoms with Gasteiger partial charge in [-0.3, -0.25) is 4.79 Å². The molecule has 3 rings (SSSR count). The van der Waals surface area contributed by atoms with Crippen molar-refractivity contribution in [1.29, 1.82) is 0 Å². The zero-order chi connectivity index (χ0) is 28.4. The Morgan fingerprint density at radius 3 is 1.87 bits per heavy atom. The Morgan fingerprint density at radius 1 is 0.692 bits per heavy atom. The second-order valence-corrected chi connectivity index (χ2v) is 8.22. The van der Waals surface area contributed by atoms with E-state index in [-0.39, 0.29) is 23.5 Å². The van der Waals surface area contributed by atoms with Gasteiger partial charge in [0.25, 0.3) is 0 Å². The molecule has 0 heterocycles. The molecule has 0 aliphatic heterocycles. The third kappa shape index (κ3) is 8.40. The summed E-state index contributed by atoms with van der Waals surface area (Å²) >= 11 is 0. The van der Waals surface area contributed by atoms with E-state index in [0.29, 0.717) is 23.5 Å². The first-order chi connectivity index (χ1) is 18.7. The summed E-state index contributed by atoms with van der Waals surface area (Å²) in [5.41, 5.74) is 2.46. The van der Waals surface area contributed by atoms with Crippen LogP contribution in [0.15, 0.2) is 104 Å². The Balaban J connectivity index is 1.64. The van der Waals surface area contributed by atoms with Crippen molar-refractivity contribution in [3.8, 4) is 34.1 Å². The normalized spacial score (nSPS) is 10.1. The van der Waals surface area contributed by atoms with Gasteiger partial charge in [0.05, 0.1) is 0 Å². The lowest BCUT2D eigenvalue weighted by atomic mass is 10.0. The summed E-state index contributed by atoms with van der Waals surface area (Å²) in [5, 5.41) is 0. The lowest BCUT2D eigenvalue weighted by molar-refractivity contribution is -0.134. The molecule has 8 heteroatoms. The molecule has 0 aliphatic rings. The molecule has 0 spiro atoms. The van der Waals surface area contributed by atoms with E-state index in [0.717, 1.165) is 23.3 Å². The zero-order valence-electron chi connectivity index (χ0n) is 21.3. The Hall–Kier alpha value is -5.24. The van der Waals surface area contributed by atoms with E-state index in [4.69, 9.17) is 18.9 Å². The van der Waals surface area contributed by atoms with Gasteiger partial charge < -0.3 is 18.9 Å². The summed E-state index contributed by atoms with van der Waals surface area (Å²) in [5.74, 6) is -1.48. The van der Waals surface area contributed by atoms with Crippen molar-refractivity contribution < 1.29 is 38.1 Å². The summed E-state index contributed by atoms with van der Waals surface area (Å²) in [7, 11) is 0. The highest BCUT2D eigenvalue weighted by atomic mass is 16.6. The van der Waals surface area contributed by atoms with Crippen LogP contribution in [0.3, 0.4) is 0 Å². The maximum atomic E-state index is 12.3. The number of carbonyl (C=O) groups excluding carboxylic acids is 4. The van der Waals surface area contributed by atoms with Crippen molar-refractivity contribution in [1.82, 2.24) is 0 Å². The van der Waals surface area contributed by atoms with Crippen LogP contribution in [-0.4, -0.2) is 23.9 Å². The Bertz CT molecular complexity index is 1420. The predicted octanol–water partition coefficient (Wildman–Crippen LogP) is 5.56. The maximum absolute atomic E-state index is 12.3. The van der Waals surface area contributed by atoms with Gasteiger partial charge in [0.1, 0.15) is 11.5 Å². The van der Waals surface area contributed by atoms with Crippen LogP contribution >= 0.6 is 0 Å². The van der Waals surface area contributed by atoms with E-state index in [1.165, 1.54) is 13.0 Å². The first-order valence-corrected chi connectivity index (χ1v) is 11.8. The van der Waals surface area contributed by atoms with Gasteiger partial charge in [0, 0.05) is 24.1 Å². The molecular formula is C31H26O8. The number of rotatable bonds is 11. The standard InChI is InChI=1S/C31H26O8/c1-5-28(32)36-24-13-7-21(8-14-24)9-18-30(34)37-25-15-10-22(11-16-25)23-12-17-26(38-29(33)6-2)27(19-23)39-31(35)20(3)4/h5-8,10-17,19H,1-3,9,18H2,4H3. The van der Waals surface area contributed by atoms with Crippen LogP contribution in [0, 0.1) is 0 Å². The first-order valence-electron chi connectivity index (χ1n) is 11.8. The van der Waals surface area contributed by atoms with E-state index in [1.54, 1.807) is 60.7 Å². The molecule has 198 valence electrons. The van der Waals surface area contributed by atoms with Crippen molar-refractivity contribution in [2.24, 2.45) is 0 Å². The number of hydrogen-bond acceptors (Lipinski definition) is 8. The molecule has 0 fully saturated rings. The van der Waals surface area contributed by atoms with E-state index in [9.17, 15) is 19.2 Å². The van der Waals surface area contributed by atoms with Crippen LogP contribution in [0.25, 0.3) is 11.1 Å². The molecule has 0 aromatic heterocycles. The highest BCUT2D eigenvalue weighted by Crippen LogP contribution is 2.34. The van der Waals surface area contributed by atoms with Gasteiger partial charge in [0.2, 0.25) is 0 Å². The van der Waals surface area contributed by atoms with Crippen molar-refractivity contribution in [3.05, 3.63) is 110 Å². The third-order valence-corrected chi connectivity index (χ3v) is 5.22. The van der Waals surface area contributed by atoms with E-state index < -0.39 is 23.9 Å². The topological polar surface area (TPSA) is 105 Å². The van der Waals surface area contributed by atoms with Gasteiger partial charge in [-0.2, -0.15) is 0 Å². The van der Waals surface area contributed by atoms with E-state index in [1.807, 2.05) is 0 Å². The fourth-order valence-electron chi connectivity index (χ4n) is 3.22. The number of esters is 4. The number of hydrogen-bond donors (Lipinski definition) is 0. The van der Waals surface area contributed by atoms with Crippen LogP contribution in [-0.2, 0) is 25.6 Å². The zero-order valence-corrected chi connectivity index (χ0v) is 21.3. The predicted molar refractivity (Wildman–Crippen MR) is 144 cm³/mol. The minimum atomic E-state index is -0.701. The Kier molecular flexibility index (Phi) is 9.70. The quantitative estimate of drug-likeness (QED) is 0.182. The third-order valence-electron chi connectivity index (χ3n) is 5.22. The molecule has 0 saturated heterocycles. The summed E-state index contributed by atoms with van der Waals surface area (Å²) in [6, 6.07) is 18.3.